The summed E-state index contributed by atoms with van der Waals surface area (Å²) in [5, 5.41) is 3.19. The number of rotatable bonds is 3. The van der Waals surface area contributed by atoms with Crippen LogP contribution in [0, 0.1) is 20.8 Å². The molecule has 0 aliphatic carbocycles. The first kappa shape index (κ1) is 16.2. The molecule has 0 amide bonds. The molecule has 0 radical (unpaired) electrons. The Morgan fingerprint density at radius 2 is 1.75 bits per heavy atom. The number of benzene rings is 2. The normalized spacial score (nSPS) is 22.2. The molecule has 1 aliphatic heterocycles. The van der Waals surface area contributed by atoms with Crippen molar-refractivity contribution in [1.29, 1.82) is 0 Å². The van der Waals surface area contributed by atoms with Crippen molar-refractivity contribution in [2.45, 2.75) is 32.4 Å². The number of ether oxygens (including phenoxy) is 1. The zero-order valence-electron chi connectivity index (χ0n) is 14.5. The molecular weight excluding hydrogens is 300 g/mol. The van der Waals surface area contributed by atoms with Gasteiger partial charge in [-0.25, -0.2) is 4.79 Å². The highest BCUT2D eigenvalue weighted by atomic mass is 16.5. The average Bonchev–Trinajstić information content (AvgIpc) is 2.99. The second-order valence-electron chi connectivity index (χ2n) is 6.30. The van der Waals surface area contributed by atoms with Crippen molar-refractivity contribution < 1.29 is 9.53 Å². The summed E-state index contributed by atoms with van der Waals surface area (Å²) in [5.41, 5.74) is 4.33. The molecule has 1 heterocycles. The summed E-state index contributed by atoms with van der Waals surface area (Å²) in [5.74, 6) is -0.337. The summed E-state index contributed by atoms with van der Waals surface area (Å²) in [7, 11) is 1.42. The predicted octanol–water partition coefficient (Wildman–Crippen LogP) is 3.35. The maximum atomic E-state index is 12.8. The van der Waals surface area contributed by atoms with Gasteiger partial charge in [0.05, 0.1) is 13.4 Å². The molecule has 4 nitrogen and oxygen atoms in total. The van der Waals surface area contributed by atoms with Gasteiger partial charge in [-0.05, 0) is 43.0 Å². The number of carbonyl (C=O) groups is 1. The Morgan fingerprint density at radius 1 is 1.12 bits per heavy atom. The third-order valence-electron chi connectivity index (χ3n) is 4.67. The van der Waals surface area contributed by atoms with Crippen molar-refractivity contribution in [3.8, 4) is 0 Å². The Kier molecular flexibility index (Phi) is 4.14. The van der Waals surface area contributed by atoms with Crippen LogP contribution in [0.4, 0.5) is 0 Å². The van der Waals surface area contributed by atoms with E-state index in [1.807, 2.05) is 30.3 Å². The van der Waals surface area contributed by atoms with Crippen LogP contribution in [0.15, 0.2) is 47.5 Å². The van der Waals surface area contributed by atoms with Gasteiger partial charge in [-0.15, -0.1) is 0 Å². The molecular formula is C20H22N2O2. The van der Waals surface area contributed by atoms with E-state index in [4.69, 9.17) is 4.74 Å². The molecule has 24 heavy (non-hydrogen) atoms. The average molecular weight is 322 g/mol. The van der Waals surface area contributed by atoms with Gasteiger partial charge < -0.3 is 10.1 Å². The summed E-state index contributed by atoms with van der Waals surface area (Å²) in [6, 6.07) is 13.5. The van der Waals surface area contributed by atoms with E-state index in [1.54, 1.807) is 6.34 Å². The van der Waals surface area contributed by atoms with Gasteiger partial charge in [-0.1, -0.05) is 48.0 Å². The highest BCUT2D eigenvalue weighted by Crippen LogP contribution is 2.43. The zero-order valence-corrected chi connectivity index (χ0v) is 14.5. The first-order valence-electron chi connectivity index (χ1n) is 8.01. The smallest absolute Gasteiger partial charge is 0.338 e. The molecule has 0 spiro atoms. The van der Waals surface area contributed by atoms with Crippen LogP contribution >= 0.6 is 0 Å². The van der Waals surface area contributed by atoms with Crippen LogP contribution in [0.5, 0.6) is 0 Å². The van der Waals surface area contributed by atoms with Gasteiger partial charge in [0.1, 0.15) is 6.04 Å². The van der Waals surface area contributed by atoms with E-state index in [0.29, 0.717) is 0 Å². The Labute approximate surface area is 142 Å². The van der Waals surface area contributed by atoms with E-state index in [2.05, 4.69) is 43.2 Å². The fourth-order valence-electron chi connectivity index (χ4n) is 3.71. The molecule has 0 saturated heterocycles. The van der Waals surface area contributed by atoms with Crippen molar-refractivity contribution in [1.82, 2.24) is 5.32 Å². The topological polar surface area (TPSA) is 50.7 Å². The number of nitrogens with zero attached hydrogens (tertiary/aromatic N) is 1. The number of carbonyl (C=O) groups excluding carboxylic acids is 1. The first-order chi connectivity index (χ1) is 11.5. The molecule has 0 saturated carbocycles. The SMILES string of the molecule is COC(=O)[C@@]1(c2ccccc2)NC=N[C@@H]1c1c(C)cc(C)cc1C. The first-order valence-corrected chi connectivity index (χ1v) is 8.01. The summed E-state index contributed by atoms with van der Waals surface area (Å²) >= 11 is 0. The van der Waals surface area contributed by atoms with Gasteiger partial charge in [-0.3, -0.25) is 4.99 Å². The van der Waals surface area contributed by atoms with Crippen LogP contribution in [-0.2, 0) is 15.1 Å². The lowest BCUT2D eigenvalue weighted by atomic mass is 9.77. The highest BCUT2D eigenvalue weighted by Gasteiger charge is 2.52. The van der Waals surface area contributed by atoms with Crippen LogP contribution in [0.2, 0.25) is 0 Å². The quantitative estimate of drug-likeness (QED) is 0.882. The van der Waals surface area contributed by atoms with Crippen LogP contribution in [0.3, 0.4) is 0 Å². The minimum absolute atomic E-state index is 0.337. The third kappa shape index (κ3) is 2.39. The van der Waals surface area contributed by atoms with Crippen molar-refractivity contribution in [2.75, 3.05) is 7.11 Å². The van der Waals surface area contributed by atoms with Gasteiger partial charge in [0.25, 0.3) is 0 Å². The molecule has 1 N–H and O–H groups in total. The Morgan fingerprint density at radius 3 is 2.33 bits per heavy atom. The molecule has 2 atom stereocenters. The van der Waals surface area contributed by atoms with Crippen molar-refractivity contribution in [3.63, 3.8) is 0 Å². The number of hydrogen-bond donors (Lipinski definition) is 1. The van der Waals surface area contributed by atoms with E-state index < -0.39 is 5.54 Å². The van der Waals surface area contributed by atoms with Crippen LogP contribution in [0.1, 0.15) is 33.9 Å². The Bertz CT molecular complexity index is 776. The molecule has 2 aromatic rings. The van der Waals surface area contributed by atoms with Gasteiger partial charge in [0.15, 0.2) is 5.54 Å². The van der Waals surface area contributed by atoms with Crippen LogP contribution in [0.25, 0.3) is 0 Å². The summed E-state index contributed by atoms with van der Waals surface area (Å²) < 4.78 is 5.17. The summed E-state index contributed by atoms with van der Waals surface area (Å²) in [6.45, 7) is 6.21. The number of nitrogens with one attached hydrogen (secondary N) is 1. The molecule has 2 aromatic carbocycles. The molecule has 0 aromatic heterocycles. The van der Waals surface area contributed by atoms with E-state index >= 15 is 0 Å². The van der Waals surface area contributed by atoms with Gasteiger partial charge >= 0.3 is 5.97 Å². The number of methoxy groups -OCH3 is 1. The van der Waals surface area contributed by atoms with Crippen molar-refractivity contribution in [2.24, 2.45) is 4.99 Å². The molecule has 124 valence electrons. The van der Waals surface area contributed by atoms with E-state index in [9.17, 15) is 4.79 Å². The largest absolute Gasteiger partial charge is 0.467 e. The minimum atomic E-state index is -1.04. The number of aryl methyl sites for hydroxylation is 3. The highest BCUT2D eigenvalue weighted by molar-refractivity contribution is 5.89. The lowest BCUT2D eigenvalue weighted by Crippen LogP contribution is -2.50. The third-order valence-corrected chi connectivity index (χ3v) is 4.67. The van der Waals surface area contributed by atoms with Gasteiger partial charge in [0.2, 0.25) is 0 Å². The second kappa shape index (κ2) is 6.11. The number of aliphatic imine (C=N–C) groups is 1. The maximum absolute atomic E-state index is 12.8. The Balaban J connectivity index is 2.23. The van der Waals surface area contributed by atoms with E-state index in [-0.39, 0.29) is 12.0 Å². The molecule has 1 aliphatic rings. The maximum Gasteiger partial charge on any atom is 0.338 e. The molecule has 0 unspecified atom stereocenters. The molecule has 3 rings (SSSR count). The molecule has 0 bridgehead atoms. The monoisotopic (exact) mass is 322 g/mol. The Hall–Kier alpha value is -2.62. The zero-order chi connectivity index (χ0) is 17.3. The van der Waals surface area contributed by atoms with E-state index in [1.165, 1.54) is 12.7 Å². The lowest BCUT2D eigenvalue weighted by Gasteiger charge is -2.34. The van der Waals surface area contributed by atoms with Gasteiger partial charge in [0, 0.05) is 0 Å². The minimum Gasteiger partial charge on any atom is -0.467 e. The fourth-order valence-corrected chi connectivity index (χ4v) is 3.71. The van der Waals surface area contributed by atoms with Crippen LogP contribution < -0.4 is 5.32 Å². The fraction of sp³-hybridized carbons (Fsp3) is 0.300. The number of esters is 1. The predicted molar refractivity (Wildman–Crippen MR) is 95.2 cm³/mol. The van der Waals surface area contributed by atoms with Crippen LogP contribution in [-0.4, -0.2) is 19.4 Å². The van der Waals surface area contributed by atoms with Gasteiger partial charge in [-0.2, -0.15) is 0 Å². The standard InChI is InChI=1S/C20H22N2O2/c1-13-10-14(2)17(15(3)11-13)18-20(19(23)24-4,22-12-21-18)16-8-6-5-7-9-16/h5-12,18H,1-4H3,(H,21,22)/t18-,20+/m1/s1. The molecule has 0 fully saturated rings. The number of hydrogen-bond acceptors (Lipinski definition) is 4. The lowest BCUT2D eigenvalue weighted by molar-refractivity contribution is -0.149. The van der Waals surface area contributed by atoms with Crippen molar-refractivity contribution in [3.05, 3.63) is 70.3 Å². The molecule has 4 heteroatoms. The summed E-state index contributed by atoms with van der Waals surface area (Å²) in [4.78, 5) is 17.5. The second-order valence-corrected chi connectivity index (χ2v) is 6.30. The van der Waals surface area contributed by atoms with Crippen molar-refractivity contribution >= 4 is 12.3 Å². The van der Waals surface area contributed by atoms with E-state index in [0.717, 1.165) is 22.3 Å². The summed E-state index contributed by atoms with van der Waals surface area (Å²) in [6.07, 6.45) is 1.62.